The van der Waals surface area contributed by atoms with Gasteiger partial charge < -0.3 is 15.1 Å². The normalized spacial score (nSPS) is 15.3. The molecular formula is C14H21N7S. The molecule has 0 atom stereocenters. The second-order valence-electron chi connectivity index (χ2n) is 5.18. The number of nitrogens with one attached hydrogen (secondary N) is 1. The van der Waals surface area contributed by atoms with Crippen molar-refractivity contribution in [3.05, 3.63) is 6.33 Å². The Balaban J connectivity index is 2.16. The molecule has 3 rings (SSSR count). The van der Waals surface area contributed by atoms with Crippen LogP contribution in [0.3, 0.4) is 0 Å². The maximum absolute atomic E-state index is 4.78. The number of fused-ring (bicyclic) bond motifs is 1. The van der Waals surface area contributed by atoms with E-state index in [4.69, 9.17) is 9.97 Å². The Hall–Kier alpha value is -1.67. The summed E-state index contributed by atoms with van der Waals surface area (Å²) in [5.74, 6) is 1.65. The van der Waals surface area contributed by atoms with Crippen LogP contribution >= 0.6 is 11.8 Å². The summed E-state index contributed by atoms with van der Waals surface area (Å²) in [6.07, 6.45) is 3.60. The molecule has 1 saturated heterocycles. The third-order valence-corrected chi connectivity index (χ3v) is 4.53. The molecule has 0 spiro atoms. The van der Waals surface area contributed by atoms with Crippen molar-refractivity contribution in [2.45, 2.75) is 11.9 Å². The highest BCUT2D eigenvalue weighted by Crippen LogP contribution is 2.28. The van der Waals surface area contributed by atoms with E-state index in [2.05, 4.69) is 32.0 Å². The van der Waals surface area contributed by atoms with Crippen LogP contribution in [0.25, 0.3) is 11.0 Å². The first-order valence-electron chi connectivity index (χ1n) is 7.48. The Morgan fingerprint density at radius 1 is 1.23 bits per heavy atom. The fourth-order valence-electron chi connectivity index (χ4n) is 2.47. The Labute approximate surface area is 134 Å². The second kappa shape index (κ2) is 6.62. The molecule has 2 aromatic rings. The van der Waals surface area contributed by atoms with Crippen LogP contribution in [0, 0.1) is 0 Å². The van der Waals surface area contributed by atoms with Crippen LogP contribution in [0.2, 0.25) is 0 Å². The number of nitrogens with zero attached hydrogens (tertiary/aromatic N) is 6. The number of piperazine rings is 1. The van der Waals surface area contributed by atoms with Gasteiger partial charge in [-0.2, -0.15) is 4.98 Å². The molecule has 8 heteroatoms. The van der Waals surface area contributed by atoms with Gasteiger partial charge in [0, 0.05) is 39.8 Å². The maximum Gasteiger partial charge on any atom is 0.228 e. The fraction of sp³-hybridized carbons (Fsp3) is 0.571. The van der Waals surface area contributed by atoms with E-state index in [0.29, 0.717) is 0 Å². The van der Waals surface area contributed by atoms with Gasteiger partial charge in [0.1, 0.15) is 22.4 Å². The summed E-state index contributed by atoms with van der Waals surface area (Å²) in [5.41, 5.74) is 1.66. The zero-order valence-electron chi connectivity index (χ0n) is 13.2. The van der Waals surface area contributed by atoms with Crippen LogP contribution in [-0.2, 0) is 0 Å². The van der Waals surface area contributed by atoms with Gasteiger partial charge in [-0.1, -0.05) is 0 Å². The van der Waals surface area contributed by atoms with Crippen LogP contribution in [0.1, 0.15) is 6.92 Å². The number of hydrogen-bond donors (Lipinski definition) is 1. The zero-order valence-corrected chi connectivity index (χ0v) is 14.0. The molecule has 1 aliphatic heterocycles. The first-order chi connectivity index (χ1) is 10.7. The molecule has 1 aliphatic rings. The number of anilines is 2. The lowest BCUT2D eigenvalue weighted by Crippen LogP contribution is -2.44. The van der Waals surface area contributed by atoms with Gasteiger partial charge in [-0.05, 0) is 13.2 Å². The molecule has 1 N–H and O–H groups in total. The highest BCUT2D eigenvalue weighted by Gasteiger charge is 2.19. The molecular weight excluding hydrogens is 298 g/mol. The van der Waals surface area contributed by atoms with Gasteiger partial charge in [0.15, 0.2) is 5.82 Å². The Kier molecular flexibility index (Phi) is 4.58. The van der Waals surface area contributed by atoms with Crippen LogP contribution in [0.15, 0.2) is 11.4 Å². The number of hydrogen-bond acceptors (Lipinski definition) is 8. The average Bonchev–Trinajstić information content (AvgIpc) is 2.60. The molecule has 1 fully saturated rings. The van der Waals surface area contributed by atoms with Crippen molar-refractivity contribution < 1.29 is 0 Å². The Morgan fingerprint density at radius 2 is 2.00 bits per heavy atom. The van der Waals surface area contributed by atoms with Gasteiger partial charge in [-0.25, -0.2) is 15.0 Å². The van der Waals surface area contributed by atoms with Gasteiger partial charge >= 0.3 is 0 Å². The quantitative estimate of drug-likeness (QED) is 0.661. The summed E-state index contributed by atoms with van der Waals surface area (Å²) in [4.78, 5) is 22.6. The van der Waals surface area contributed by atoms with Crippen LogP contribution in [0.4, 0.5) is 11.8 Å². The third kappa shape index (κ3) is 2.80. The smallest absolute Gasteiger partial charge is 0.228 e. The van der Waals surface area contributed by atoms with E-state index >= 15 is 0 Å². The van der Waals surface area contributed by atoms with Crippen LogP contribution in [0.5, 0.6) is 0 Å². The molecule has 22 heavy (non-hydrogen) atoms. The van der Waals surface area contributed by atoms with E-state index < -0.39 is 0 Å². The molecule has 0 aliphatic carbocycles. The van der Waals surface area contributed by atoms with E-state index in [9.17, 15) is 0 Å². The molecule has 7 nitrogen and oxygen atoms in total. The summed E-state index contributed by atoms with van der Waals surface area (Å²) in [7, 11) is 2.03. The van der Waals surface area contributed by atoms with Crippen molar-refractivity contribution in [3.8, 4) is 0 Å². The van der Waals surface area contributed by atoms with Crippen molar-refractivity contribution in [3.63, 3.8) is 0 Å². The summed E-state index contributed by atoms with van der Waals surface area (Å²) < 4.78 is 0. The standard InChI is InChI=1S/C14H21N7S/c1-4-20(2)12-10-11(13(22-3)17-9-16-10)18-14(19-12)21-7-5-15-6-8-21/h9,15H,4-8H2,1-3H3. The molecule has 0 unspecified atom stereocenters. The van der Waals surface area contributed by atoms with Gasteiger partial charge in [0.25, 0.3) is 0 Å². The molecule has 118 valence electrons. The Bertz CT molecular complexity index is 657. The SMILES string of the molecule is CCN(C)c1nc(N2CCNCC2)nc2c(SC)ncnc12. The first kappa shape index (κ1) is 15.2. The highest BCUT2D eigenvalue weighted by molar-refractivity contribution is 7.98. The predicted molar refractivity (Wildman–Crippen MR) is 90.9 cm³/mol. The average molecular weight is 319 g/mol. The van der Waals surface area contributed by atoms with E-state index in [1.54, 1.807) is 18.1 Å². The minimum Gasteiger partial charge on any atom is -0.358 e. The first-order valence-corrected chi connectivity index (χ1v) is 8.70. The molecule has 3 heterocycles. The van der Waals surface area contributed by atoms with Gasteiger partial charge in [-0.3, -0.25) is 0 Å². The number of aromatic nitrogens is 4. The van der Waals surface area contributed by atoms with E-state index in [1.165, 1.54) is 0 Å². The largest absolute Gasteiger partial charge is 0.358 e. The lowest BCUT2D eigenvalue weighted by molar-refractivity contribution is 0.580. The van der Waals surface area contributed by atoms with E-state index in [1.807, 2.05) is 13.3 Å². The van der Waals surface area contributed by atoms with Crippen molar-refractivity contribution in [2.24, 2.45) is 0 Å². The summed E-state index contributed by atoms with van der Waals surface area (Å²) >= 11 is 1.59. The molecule has 2 aromatic heterocycles. The molecule has 0 aromatic carbocycles. The van der Waals surface area contributed by atoms with Crippen molar-refractivity contribution >= 4 is 34.6 Å². The summed E-state index contributed by atoms with van der Waals surface area (Å²) in [5, 5.41) is 4.25. The summed E-state index contributed by atoms with van der Waals surface area (Å²) in [6, 6.07) is 0. The van der Waals surface area contributed by atoms with E-state index in [0.717, 1.165) is 60.5 Å². The monoisotopic (exact) mass is 319 g/mol. The zero-order chi connectivity index (χ0) is 15.5. The molecule has 0 bridgehead atoms. The highest BCUT2D eigenvalue weighted by atomic mass is 32.2. The number of rotatable bonds is 4. The van der Waals surface area contributed by atoms with Crippen molar-refractivity contribution in [1.82, 2.24) is 25.3 Å². The molecule has 0 radical (unpaired) electrons. The third-order valence-electron chi connectivity index (χ3n) is 3.85. The lowest BCUT2D eigenvalue weighted by atomic mass is 10.3. The van der Waals surface area contributed by atoms with Gasteiger partial charge in [-0.15, -0.1) is 11.8 Å². The van der Waals surface area contributed by atoms with E-state index in [-0.39, 0.29) is 0 Å². The fourth-order valence-corrected chi connectivity index (χ4v) is 2.96. The second-order valence-corrected chi connectivity index (χ2v) is 5.97. The van der Waals surface area contributed by atoms with Crippen LogP contribution < -0.4 is 15.1 Å². The lowest BCUT2D eigenvalue weighted by Gasteiger charge is -2.28. The van der Waals surface area contributed by atoms with Crippen molar-refractivity contribution in [1.29, 1.82) is 0 Å². The minimum atomic E-state index is 0.773. The summed E-state index contributed by atoms with van der Waals surface area (Å²) in [6.45, 7) is 6.73. The Morgan fingerprint density at radius 3 is 2.68 bits per heavy atom. The van der Waals surface area contributed by atoms with Crippen molar-refractivity contribution in [2.75, 3.05) is 55.8 Å². The molecule has 0 amide bonds. The topological polar surface area (TPSA) is 70.1 Å². The molecule has 0 saturated carbocycles. The number of thioether (sulfide) groups is 1. The van der Waals surface area contributed by atoms with Gasteiger partial charge in [0.2, 0.25) is 5.95 Å². The maximum atomic E-state index is 4.78. The van der Waals surface area contributed by atoms with Crippen LogP contribution in [-0.4, -0.2) is 66.0 Å². The van der Waals surface area contributed by atoms with Gasteiger partial charge in [0.05, 0.1) is 0 Å². The predicted octanol–water partition coefficient (Wildman–Crippen LogP) is 1.01. The minimum absolute atomic E-state index is 0.773.